The van der Waals surface area contributed by atoms with Crippen molar-refractivity contribution in [1.29, 1.82) is 0 Å². The molecule has 0 fully saturated rings. The third-order valence-corrected chi connectivity index (χ3v) is 4.71. The molecule has 0 amide bonds. The lowest BCUT2D eigenvalue weighted by molar-refractivity contribution is 0.399. The number of hydrogen-bond acceptors (Lipinski definition) is 3. The lowest BCUT2D eigenvalue weighted by Gasteiger charge is -2.29. The largest absolute Gasteiger partial charge is 0.336 e. The molecule has 1 aromatic heterocycles. The van der Waals surface area contributed by atoms with E-state index in [9.17, 15) is 4.39 Å². The molecule has 1 aliphatic rings. The molecule has 1 aromatic carbocycles. The molecule has 0 aliphatic carbocycles. The van der Waals surface area contributed by atoms with E-state index in [1.54, 1.807) is 30.1 Å². The fraction of sp³-hybridized carbons (Fsp3) is 0.400. The summed E-state index contributed by atoms with van der Waals surface area (Å²) in [5, 5.41) is 3.61. The Morgan fingerprint density at radius 3 is 3.25 bits per heavy atom. The molecule has 3 rings (SSSR count). The van der Waals surface area contributed by atoms with Crippen molar-refractivity contribution >= 4 is 11.8 Å². The Bertz CT molecular complexity index is 571. The topological polar surface area (TPSA) is 29.9 Å². The lowest BCUT2D eigenvalue weighted by atomic mass is 10.0. The van der Waals surface area contributed by atoms with Gasteiger partial charge in [-0.1, -0.05) is 12.1 Å². The summed E-state index contributed by atoms with van der Waals surface area (Å²) in [6.45, 7) is 3.02. The second kappa shape index (κ2) is 5.97. The van der Waals surface area contributed by atoms with Crippen LogP contribution in [0, 0.1) is 5.82 Å². The highest BCUT2D eigenvalue weighted by Crippen LogP contribution is 2.37. The maximum atomic E-state index is 13.8. The average molecular weight is 291 g/mol. The van der Waals surface area contributed by atoms with Gasteiger partial charge in [0.2, 0.25) is 0 Å². The molecule has 0 saturated carbocycles. The third kappa shape index (κ3) is 2.88. The van der Waals surface area contributed by atoms with Crippen LogP contribution in [0.25, 0.3) is 0 Å². The van der Waals surface area contributed by atoms with Gasteiger partial charge in [0.05, 0.1) is 6.33 Å². The quantitative estimate of drug-likeness (QED) is 0.938. The van der Waals surface area contributed by atoms with Gasteiger partial charge in [0.15, 0.2) is 0 Å². The fourth-order valence-corrected chi connectivity index (χ4v) is 3.81. The summed E-state index contributed by atoms with van der Waals surface area (Å²) in [5.41, 5.74) is 1.10. The molecule has 2 heterocycles. The van der Waals surface area contributed by atoms with Crippen molar-refractivity contribution in [3.63, 3.8) is 0 Å². The van der Waals surface area contributed by atoms with Gasteiger partial charge in [-0.2, -0.15) is 0 Å². The molecule has 5 heteroatoms. The van der Waals surface area contributed by atoms with E-state index in [0.717, 1.165) is 29.2 Å². The molecule has 0 radical (unpaired) electrons. The van der Waals surface area contributed by atoms with Crippen LogP contribution in [0.2, 0.25) is 0 Å². The van der Waals surface area contributed by atoms with Crippen molar-refractivity contribution in [3.05, 3.63) is 48.3 Å². The van der Waals surface area contributed by atoms with Gasteiger partial charge in [-0.25, -0.2) is 9.37 Å². The highest BCUT2D eigenvalue weighted by molar-refractivity contribution is 7.99. The van der Waals surface area contributed by atoms with Crippen LogP contribution in [0.5, 0.6) is 0 Å². The molecule has 20 heavy (non-hydrogen) atoms. The van der Waals surface area contributed by atoms with E-state index in [-0.39, 0.29) is 11.9 Å². The Hall–Kier alpha value is -1.33. The van der Waals surface area contributed by atoms with Gasteiger partial charge < -0.3 is 9.88 Å². The Kier molecular flexibility index (Phi) is 4.08. The van der Waals surface area contributed by atoms with Crippen LogP contribution in [-0.2, 0) is 6.54 Å². The van der Waals surface area contributed by atoms with Crippen molar-refractivity contribution in [2.75, 3.05) is 5.75 Å². The maximum Gasteiger partial charge on any atom is 0.137 e. The van der Waals surface area contributed by atoms with Gasteiger partial charge in [0.1, 0.15) is 5.82 Å². The summed E-state index contributed by atoms with van der Waals surface area (Å²) in [6.07, 6.45) is 6.61. The van der Waals surface area contributed by atoms with Crippen molar-refractivity contribution in [1.82, 2.24) is 14.9 Å². The second-order valence-corrected chi connectivity index (χ2v) is 6.28. The zero-order valence-electron chi connectivity index (χ0n) is 11.4. The first-order chi connectivity index (χ1) is 9.74. The van der Waals surface area contributed by atoms with Crippen LogP contribution in [0.15, 0.2) is 41.8 Å². The van der Waals surface area contributed by atoms with Crippen LogP contribution in [0.3, 0.4) is 0 Å². The van der Waals surface area contributed by atoms with Crippen LogP contribution in [0.4, 0.5) is 4.39 Å². The van der Waals surface area contributed by atoms with Gasteiger partial charge in [-0.3, -0.25) is 0 Å². The molecule has 3 nitrogen and oxygen atoms in total. The predicted octanol–water partition coefficient (Wildman–Crippen LogP) is 3.24. The van der Waals surface area contributed by atoms with Crippen LogP contribution < -0.4 is 5.32 Å². The molecule has 1 N–H and O–H groups in total. The van der Waals surface area contributed by atoms with E-state index in [2.05, 4.69) is 21.8 Å². The number of hydrogen-bond donors (Lipinski definition) is 1. The number of rotatable bonds is 4. The first kappa shape index (κ1) is 13.6. The first-order valence-electron chi connectivity index (χ1n) is 6.87. The minimum Gasteiger partial charge on any atom is -0.336 e. The van der Waals surface area contributed by atoms with Gasteiger partial charge in [-0.15, -0.1) is 11.8 Å². The van der Waals surface area contributed by atoms with Gasteiger partial charge >= 0.3 is 0 Å². The Morgan fingerprint density at radius 2 is 2.45 bits per heavy atom. The average Bonchev–Trinajstić information content (AvgIpc) is 2.93. The Morgan fingerprint density at radius 1 is 1.55 bits per heavy atom. The molecular formula is C15H18FN3S. The third-order valence-electron chi connectivity index (χ3n) is 3.56. The minimum absolute atomic E-state index is 0.0961. The summed E-state index contributed by atoms with van der Waals surface area (Å²) >= 11 is 1.62. The zero-order valence-corrected chi connectivity index (χ0v) is 12.2. The maximum absolute atomic E-state index is 13.8. The SMILES string of the molecule is CC(Cn1ccnc1)NC1CCSc2c(F)cccc21. The van der Waals surface area contributed by atoms with E-state index in [1.807, 2.05) is 18.6 Å². The number of nitrogens with one attached hydrogen (secondary N) is 1. The summed E-state index contributed by atoms with van der Waals surface area (Å²) in [7, 11) is 0. The standard InChI is InChI=1S/C15H18FN3S/c1-11(9-19-7-6-17-10-19)18-14-5-8-20-15-12(14)3-2-4-13(15)16/h2-4,6-7,10-11,14,18H,5,8-9H2,1H3. The summed E-state index contributed by atoms with van der Waals surface area (Å²) in [6, 6.07) is 5.93. The summed E-state index contributed by atoms with van der Waals surface area (Å²) in [5.74, 6) is 0.866. The molecule has 2 aromatic rings. The smallest absolute Gasteiger partial charge is 0.137 e. The number of halogens is 1. The highest BCUT2D eigenvalue weighted by atomic mass is 32.2. The number of aromatic nitrogens is 2. The Balaban J connectivity index is 1.71. The number of thioether (sulfide) groups is 1. The normalized spacial score (nSPS) is 19.6. The number of nitrogens with zero attached hydrogens (tertiary/aromatic N) is 2. The van der Waals surface area contributed by atoms with Gasteiger partial charge in [0, 0.05) is 35.9 Å². The van der Waals surface area contributed by atoms with Crippen LogP contribution in [0.1, 0.15) is 24.9 Å². The fourth-order valence-electron chi connectivity index (χ4n) is 2.67. The molecule has 1 aliphatic heterocycles. The van der Waals surface area contributed by atoms with Crippen LogP contribution >= 0.6 is 11.8 Å². The van der Waals surface area contributed by atoms with E-state index < -0.39 is 0 Å². The molecule has 0 bridgehead atoms. The molecular weight excluding hydrogens is 273 g/mol. The van der Waals surface area contributed by atoms with E-state index in [4.69, 9.17) is 0 Å². The molecule has 2 unspecified atom stereocenters. The van der Waals surface area contributed by atoms with Gasteiger partial charge in [0.25, 0.3) is 0 Å². The Labute approximate surface area is 122 Å². The summed E-state index contributed by atoms with van der Waals surface area (Å²) in [4.78, 5) is 4.86. The molecule has 106 valence electrons. The number of imidazole rings is 1. The van der Waals surface area contributed by atoms with Crippen molar-refractivity contribution in [2.45, 2.75) is 36.9 Å². The predicted molar refractivity (Wildman–Crippen MR) is 79.3 cm³/mol. The molecule has 0 spiro atoms. The van der Waals surface area contributed by atoms with Gasteiger partial charge in [-0.05, 0) is 30.7 Å². The first-order valence-corrected chi connectivity index (χ1v) is 7.85. The number of fused-ring (bicyclic) bond motifs is 1. The lowest BCUT2D eigenvalue weighted by Crippen LogP contribution is -2.35. The monoisotopic (exact) mass is 291 g/mol. The molecule has 2 atom stereocenters. The molecule has 0 saturated heterocycles. The van der Waals surface area contributed by atoms with E-state index >= 15 is 0 Å². The van der Waals surface area contributed by atoms with Crippen molar-refractivity contribution < 1.29 is 4.39 Å². The van der Waals surface area contributed by atoms with Crippen molar-refractivity contribution in [3.8, 4) is 0 Å². The van der Waals surface area contributed by atoms with E-state index in [1.165, 1.54) is 0 Å². The van der Waals surface area contributed by atoms with Crippen LogP contribution in [-0.4, -0.2) is 21.3 Å². The van der Waals surface area contributed by atoms with E-state index in [0.29, 0.717) is 6.04 Å². The summed E-state index contributed by atoms with van der Waals surface area (Å²) < 4.78 is 15.9. The minimum atomic E-state index is -0.0961. The highest BCUT2D eigenvalue weighted by Gasteiger charge is 2.24. The zero-order chi connectivity index (χ0) is 13.9. The number of benzene rings is 1. The second-order valence-electron chi connectivity index (χ2n) is 5.18. The van der Waals surface area contributed by atoms with Crippen molar-refractivity contribution in [2.24, 2.45) is 0 Å².